The van der Waals surface area contributed by atoms with E-state index >= 15 is 0 Å². The molecule has 1 aliphatic rings. The van der Waals surface area contributed by atoms with Gasteiger partial charge in [0.25, 0.3) is 0 Å². The number of rotatable bonds is 1. The standard InChI is InChI=1S/C10H10N2O/c1-2-5-11-6-4-9(3-1)10-7-12-13-8-10/h1,3-4,6-8H,2,5H2/b3-1-,9-4+,11-6?. The fraction of sp³-hybridized carbons (Fsp3) is 0.200. The molecule has 0 fully saturated rings. The molecule has 0 N–H and O–H groups in total. The van der Waals surface area contributed by atoms with Gasteiger partial charge in [0.2, 0.25) is 0 Å². The first-order chi connectivity index (χ1) is 6.47. The Labute approximate surface area is 76.5 Å². The molecule has 0 spiro atoms. The van der Waals surface area contributed by atoms with Crippen molar-refractivity contribution >= 4 is 11.8 Å². The Bertz CT molecular complexity index is 347. The summed E-state index contributed by atoms with van der Waals surface area (Å²) in [4.78, 5) is 4.19. The van der Waals surface area contributed by atoms with Crippen LogP contribution in [0.4, 0.5) is 0 Å². The van der Waals surface area contributed by atoms with E-state index in [1.807, 2.05) is 12.3 Å². The summed E-state index contributed by atoms with van der Waals surface area (Å²) in [5, 5.41) is 3.66. The molecule has 0 saturated carbocycles. The lowest BCUT2D eigenvalue weighted by molar-refractivity contribution is 0.419. The van der Waals surface area contributed by atoms with Crippen molar-refractivity contribution in [2.75, 3.05) is 6.54 Å². The average molecular weight is 174 g/mol. The minimum absolute atomic E-state index is 0.865. The maximum Gasteiger partial charge on any atom is 0.131 e. The van der Waals surface area contributed by atoms with Gasteiger partial charge in [-0.1, -0.05) is 17.3 Å². The topological polar surface area (TPSA) is 38.4 Å². The number of aromatic nitrogens is 1. The van der Waals surface area contributed by atoms with Gasteiger partial charge in [0, 0.05) is 18.3 Å². The maximum atomic E-state index is 4.77. The van der Waals surface area contributed by atoms with Crippen molar-refractivity contribution in [3.8, 4) is 0 Å². The van der Waals surface area contributed by atoms with E-state index in [0.717, 1.165) is 24.1 Å². The Balaban J connectivity index is 2.30. The fourth-order valence-corrected chi connectivity index (χ4v) is 1.16. The van der Waals surface area contributed by atoms with Crippen molar-refractivity contribution < 1.29 is 4.52 Å². The van der Waals surface area contributed by atoms with Crippen molar-refractivity contribution in [1.29, 1.82) is 0 Å². The predicted molar refractivity (Wildman–Crippen MR) is 51.6 cm³/mol. The highest BCUT2D eigenvalue weighted by molar-refractivity contribution is 5.88. The summed E-state index contributed by atoms with van der Waals surface area (Å²) in [6, 6.07) is 0. The predicted octanol–water partition coefficient (Wildman–Crippen LogP) is 2.09. The third kappa shape index (κ3) is 1.93. The molecule has 3 nitrogen and oxygen atoms in total. The van der Waals surface area contributed by atoms with Crippen LogP contribution in [0.2, 0.25) is 0 Å². The summed E-state index contributed by atoms with van der Waals surface area (Å²) < 4.78 is 4.77. The molecule has 0 aliphatic carbocycles. The number of hydrogen-bond acceptors (Lipinski definition) is 3. The highest BCUT2D eigenvalue weighted by Crippen LogP contribution is 2.15. The normalized spacial score (nSPS) is 22.9. The molecule has 0 radical (unpaired) electrons. The highest BCUT2D eigenvalue weighted by Gasteiger charge is 1.99. The van der Waals surface area contributed by atoms with Gasteiger partial charge in [0.05, 0.1) is 6.20 Å². The van der Waals surface area contributed by atoms with Gasteiger partial charge >= 0.3 is 0 Å². The maximum absolute atomic E-state index is 4.77. The zero-order valence-corrected chi connectivity index (χ0v) is 7.18. The Morgan fingerprint density at radius 1 is 1.38 bits per heavy atom. The van der Waals surface area contributed by atoms with E-state index in [2.05, 4.69) is 22.3 Å². The molecule has 0 atom stereocenters. The average Bonchev–Trinajstić information content (AvgIpc) is 2.55. The molecular formula is C10H10N2O. The molecule has 0 amide bonds. The molecule has 1 aromatic rings. The smallest absolute Gasteiger partial charge is 0.131 e. The first-order valence-corrected chi connectivity index (χ1v) is 4.23. The summed E-state index contributed by atoms with van der Waals surface area (Å²) in [6.45, 7) is 0.865. The molecule has 1 aromatic heterocycles. The molecule has 0 bridgehead atoms. The van der Waals surface area contributed by atoms with E-state index in [-0.39, 0.29) is 0 Å². The Morgan fingerprint density at radius 2 is 2.38 bits per heavy atom. The monoisotopic (exact) mass is 174 g/mol. The van der Waals surface area contributed by atoms with E-state index in [9.17, 15) is 0 Å². The summed E-state index contributed by atoms with van der Waals surface area (Å²) in [5.74, 6) is 0. The zero-order valence-electron chi connectivity index (χ0n) is 7.18. The molecule has 0 unspecified atom stereocenters. The van der Waals surface area contributed by atoms with Crippen LogP contribution in [0.3, 0.4) is 0 Å². The minimum atomic E-state index is 0.865. The molecular weight excluding hydrogens is 164 g/mol. The van der Waals surface area contributed by atoms with Crippen LogP contribution in [0.1, 0.15) is 12.0 Å². The Morgan fingerprint density at radius 3 is 3.23 bits per heavy atom. The van der Waals surface area contributed by atoms with E-state index in [4.69, 9.17) is 4.52 Å². The van der Waals surface area contributed by atoms with Gasteiger partial charge in [-0.15, -0.1) is 0 Å². The molecule has 1 aliphatic heterocycles. The Hall–Kier alpha value is -1.64. The third-order valence-electron chi connectivity index (χ3n) is 1.85. The third-order valence-corrected chi connectivity index (χ3v) is 1.85. The van der Waals surface area contributed by atoms with E-state index in [0.29, 0.717) is 0 Å². The van der Waals surface area contributed by atoms with Crippen LogP contribution in [0.25, 0.3) is 5.57 Å². The quantitative estimate of drug-likeness (QED) is 0.653. The zero-order chi connectivity index (χ0) is 8.93. The molecule has 0 saturated heterocycles. The number of hydrogen-bond donors (Lipinski definition) is 0. The van der Waals surface area contributed by atoms with Crippen LogP contribution in [0.5, 0.6) is 0 Å². The van der Waals surface area contributed by atoms with Crippen molar-refractivity contribution in [1.82, 2.24) is 5.16 Å². The molecule has 0 aromatic carbocycles. The van der Waals surface area contributed by atoms with Gasteiger partial charge in [0.15, 0.2) is 0 Å². The molecule has 2 heterocycles. The molecule has 2 rings (SSSR count). The van der Waals surface area contributed by atoms with E-state index in [1.54, 1.807) is 12.5 Å². The van der Waals surface area contributed by atoms with Gasteiger partial charge in [0.1, 0.15) is 6.26 Å². The summed E-state index contributed by atoms with van der Waals surface area (Å²) >= 11 is 0. The van der Waals surface area contributed by atoms with Crippen molar-refractivity contribution in [2.24, 2.45) is 4.99 Å². The summed E-state index contributed by atoms with van der Waals surface area (Å²) in [5.41, 5.74) is 2.08. The van der Waals surface area contributed by atoms with E-state index < -0.39 is 0 Å². The largest absolute Gasteiger partial charge is 0.364 e. The lowest BCUT2D eigenvalue weighted by Gasteiger charge is -1.97. The van der Waals surface area contributed by atoms with Crippen molar-refractivity contribution in [3.63, 3.8) is 0 Å². The van der Waals surface area contributed by atoms with Crippen LogP contribution in [0.15, 0.2) is 40.2 Å². The van der Waals surface area contributed by atoms with Crippen LogP contribution < -0.4 is 0 Å². The molecule has 66 valence electrons. The lowest BCUT2D eigenvalue weighted by atomic mass is 10.1. The number of nitrogens with zero attached hydrogens (tertiary/aromatic N) is 2. The number of allylic oxidation sites excluding steroid dienone is 3. The molecule has 3 heteroatoms. The number of aliphatic imine (C=N–C) groups is 1. The summed E-state index contributed by atoms with van der Waals surface area (Å²) in [7, 11) is 0. The van der Waals surface area contributed by atoms with Gasteiger partial charge < -0.3 is 4.52 Å². The van der Waals surface area contributed by atoms with Crippen LogP contribution >= 0.6 is 0 Å². The van der Waals surface area contributed by atoms with Crippen LogP contribution in [-0.4, -0.2) is 17.9 Å². The van der Waals surface area contributed by atoms with Gasteiger partial charge in [-0.25, -0.2) is 0 Å². The second-order valence-electron chi connectivity index (χ2n) is 2.78. The highest BCUT2D eigenvalue weighted by atomic mass is 16.5. The first kappa shape index (κ1) is 7.98. The van der Waals surface area contributed by atoms with Crippen LogP contribution in [-0.2, 0) is 0 Å². The minimum Gasteiger partial charge on any atom is -0.364 e. The SMILES string of the molecule is C1=NCC/C=C\C(c2cnoc2)=C/1. The van der Waals surface area contributed by atoms with Gasteiger partial charge in [-0.05, 0) is 18.1 Å². The van der Waals surface area contributed by atoms with Gasteiger partial charge in [-0.3, -0.25) is 4.99 Å². The molecule has 13 heavy (non-hydrogen) atoms. The van der Waals surface area contributed by atoms with E-state index in [1.165, 1.54) is 0 Å². The van der Waals surface area contributed by atoms with Crippen LogP contribution in [0, 0.1) is 0 Å². The Kier molecular flexibility index (Phi) is 2.36. The first-order valence-electron chi connectivity index (χ1n) is 4.23. The summed E-state index contributed by atoms with van der Waals surface area (Å²) in [6.07, 6.45) is 12.3. The second-order valence-corrected chi connectivity index (χ2v) is 2.78. The second kappa shape index (κ2) is 3.85. The lowest BCUT2D eigenvalue weighted by Crippen LogP contribution is -1.85. The van der Waals surface area contributed by atoms with Crippen molar-refractivity contribution in [2.45, 2.75) is 6.42 Å². The van der Waals surface area contributed by atoms with Gasteiger partial charge in [-0.2, -0.15) is 0 Å². The van der Waals surface area contributed by atoms with Crippen molar-refractivity contribution in [3.05, 3.63) is 36.3 Å². The fourth-order valence-electron chi connectivity index (χ4n) is 1.16.